The number of aliphatic hydroxyl groups is 2. The molecule has 2 atom stereocenters. The standard InChI is InChI=1S/C57H105NO5/c1-3-5-7-9-11-13-15-17-26-29-33-37-41-45-49-55(60)54(53-59)58-56(61)50-46-42-38-34-30-27-23-21-19-18-20-22-24-28-32-36-40-44-48-52-63-57(62)51-47-43-39-35-31-25-16-14-12-10-8-6-4-2/h8,10,14,16,22,24,28,32,54-55,59-60H,3-7,9,11-13,15,17-21,23,25-27,29-31,33-53H2,1-2H3,(H,58,61)/b10-8-,16-14-,24-22-,32-28-. The minimum absolute atomic E-state index is 0.0293. The van der Waals surface area contributed by atoms with Crippen molar-refractivity contribution in [3.8, 4) is 0 Å². The van der Waals surface area contributed by atoms with Crippen molar-refractivity contribution in [2.45, 2.75) is 289 Å². The Morgan fingerprint density at radius 2 is 0.873 bits per heavy atom. The second-order valence-electron chi connectivity index (χ2n) is 18.6. The summed E-state index contributed by atoms with van der Waals surface area (Å²) < 4.78 is 5.43. The van der Waals surface area contributed by atoms with Crippen LogP contribution < -0.4 is 5.32 Å². The maximum Gasteiger partial charge on any atom is 0.305 e. The number of hydrogen-bond acceptors (Lipinski definition) is 5. The normalized spacial score (nSPS) is 13.0. The quantitative estimate of drug-likeness (QED) is 0.0245. The molecule has 0 aromatic carbocycles. The van der Waals surface area contributed by atoms with Crippen molar-refractivity contribution < 1.29 is 24.5 Å². The van der Waals surface area contributed by atoms with Crippen molar-refractivity contribution in [2.24, 2.45) is 0 Å². The highest BCUT2D eigenvalue weighted by atomic mass is 16.5. The SMILES string of the molecule is CCC/C=C\C/C=C\CCCCCCCC(=O)OCCCCC/C=C\C=C/CCCCCCCCCCCCC(=O)NC(CO)C(O)CCCCCCCCCCCCCCCC. The number of unbranched alkanes of at least 4 members (excludes halogenated alkanes) is 32. The van der Waals surface area contributed by atoms with E-state index in [-0.39, 0.29) is 18.5 Å². The Morgan fingerprint density at radius 3 is 1.37 bits per heavy atom. The lowest BCUT2D eigenvalue weighted by Gasteiger charge is -2.22. The van der Waals surface area contributed by atoms with Crippen LogP contribution in [0.15, 0.2) is 48.6 Å². The molecule has 2 unspecified atom stereocenters. The third kappa shape index (κ3) is 49.1. The summed E-state index contributed by atoms with van der Waals surface area (Å²) in [4.78, 5) is 24.4. The molecule has 0 radical (unpaired) electrons. The first-order chi connectivity index (χ1) is 31.0. The molecule has 368 valence electrons. The van der Waals surface area contributed by atoms with Crippen molar-refractivity contribution >= 4 is 11.9 Å². The van der Waals surface area contributed by atoms with Gasteiger partial charge in [0.2, 0.25) is 5.91 Å². The summed E-state index contributed by atoms with van der Waals surface area (Å²) in [7, 11) is 0. The first kappa shape index (κ1) is 60.8. The van der Waals surface area contributed by atoms with Crippen molar-refractivity contribution in [2.75, 3.05) is 13.2 Å². The molecule has 6 nitrogen and oxygen atoms in total. The molecule has 3 N–H and O–H groups in total. The zero-order valence-corrected chi connectivity index (χ0v) is 41.8. The largest absolute Gasteiger partial charge is 0.466 e. The van der Waals surface area contributed by atoms with Crippen LogP contribution in [0.25, 0.3) is 0 Å². The summed E-state index contributed by atoms with van der Waals surface area (Å²) in [5, 5.41) is 23.2. The number of nitrogens with one attached hydrogen (secondary N) is 1. The van der Waals surface area contributed by atoms with E-state index in [0.717, 1.165) is 83.5 Å². The molecule has 0 aliphatic carbocycles. The fourth-order valence-corrected chi connectivity index (χ4v) is 8.14. The Labute approximate surface area is 391 Å². The minimum Gasteiger partial charge on any atom is -0.466 e. The van der Waals surface area contributed by atoms with Crippen molar-refractivity contribution in [1.29, 1.82) is 0 Å². The zero-order chi connectivity index (χ0) is 45.8. The van der Waals surface area contributed by atoms with E-state index in [1.165, 1.54) is 161 Å². The highest BCUT2D eigenvalue weighted by Crippen LogP contribution is 2.16. The molecule has 63 heavy (non-hydrogen) atoms. The van der Waals surface area contributed by atoms with Crippen molar-refractivity contribution in [3.05, 3.63) is 48.6 Å². The second kappa shape index (κ2) is 52.4. The van der Waals surface area contributed by atoms with Gasteiger partial charge in [-0.05, 0) is 83.5 Å². The summed E-state index contributed by atoms with van der Waals surface area (Å²) in [5.41, 5.74) is 0. The highest BCUT2D eigenvalue weighted by Gasteiger charge is 2.20. The van der Waals surface area contributed by atoms with Crippen LogP contribution in [0, 0.1) is 0 Å². The molecule has 0 fully saturated rings. The number of amides is 1. The number of aliphatic hydroxyl groups excluding tert-OH is 2. The summed E-state index contributed by atoms with van der Waals surface area (Å²) >= 11 is 0. The molecule has 0 saturated carbocycles. The summed E-state index contributed by atoms with van der Waals surface area (Å²) in [6.45, 7) is 4.83. The fraction of sp³-hybridized carbons (Fsp3) is 0.825. The van der Waals surface area contributed by atoms with Crippen LogP contribution in [0.3, 0.4) is 0 Å². The second-order valence-corrected chi connectivity index (χ2v) is 18.6. The van der Waals surface area contributed by atoms with Crippen LogP contribution >= 0.6 is 0 Å². The van der Waals surface area contributed by atoms with E-state index in [2.05, 4.69) is 67.8 Å². The molecular formula is C57H105NO5. The average Bonchev–Trinajstić information content (AvgIpc) is 3.28. The maximum absolute atomic E-state index is 12.5. The van der Waals surface area contributed by atoms with Gasteiger partial charge >= 0.3 is 5.97 Å². The summed E-state index contributed by atoms with van der Waals surface area (Å²) in [5.74, 6) is -0.0751. The van der Waals surface area contributed by atoms with Gasteiger partial charge in [0.05, 0.1) is 25.4 Å². The van der Waals surface area contributed by atoms with Crippen LogP contribution in [0.2, 0.25) is 0 Å². The number of rotatable bonds is 50. The van der Waals surface area contributed by atoms with E-state index in [9.17, 15) is 19.8 Å². The molecule has 0 rings (SSSR count). The predicted molar refractivity (Wildman–Crippen MR) is 273 cm³/mol. The molecule has 0 aliphatic heterocycles. The molecule has 0 aromatic rings. The number of allylic oxidation sites excluding steroid dienone is 8. The Bertz CT molecular complexity index is 1070. The molecule has 6 heteroatoms. The van der Waals surface area contributed by atoms with E-state index in [0.29, 0.717) is 25.9 Å². The highest BCUT2D eigenvalue weighted by molar-refractivity contribution is 5.76. The van der Waals surface area contributed by atoms with Crippen molar-refractivity contribution in [1.82, 2.24) is 5.32 Å². The monoisotopic (exact) mass is 884 g/mol. The molecule has 0 aliphatic rings. The predicted octanol–water partition coefficient (Wildman–Crippen LogP) is 16.6. The van der Waals surface area contributed by atoms with Gasteiger partial charge in [0.15, 0.2) is 0 Å². The Kier molecular flexibility index (Phi) is 50.6. The van der Waals surface area contributed by atoms with Gasteiger partial charge in [0.1, 0.15) is 0 Å². The van der Waals surface area contributed by atoms with Crippen molar-refractivity contribution in [3.63, 3.8) is 0 Å². The lowest BCUT2D eigenvalue weighted by atomic mass is 10.0. The average molecular weight is 884 g/mol. The topological polar surface area (TPSA) is 95.9 Å². The number of carbonyl (C=O) groups excluding carboxylic acids is 2. The molecule has 0 heterocycles. The van der Waals surface area contributed by atoms with E-state index in [1.807, 2.05) is 0 Å². The van der Waals surface area contributed by atoms with E-state index >= 15 is 0 Å². The summed E-state index contributed by atoms with van der Waals surface area (Å²) in [6.07, 6.45) is 65.2. The summed E-state index contributed by atoms with van der Waals surface area (Å²) in [6, 6.07) is -0.550. The maximum atomic E-state index is 12.5. The Balaban J connectivity index is 3.50. The number of carbonyl (C=O) groups is 2. The molecule has 1 amide bonds. The third-order valence-electron chi connectivity index (χ3n) is 12.4. The van der Waals surface area contributed by atoms with Gasteiger partial charge in [-0.2, -0.15) is 0 Å². The van der Waals surface area contributed by atoms with Gasteiger partial charge in [-0.15, -0.1) is 0 Å². The van der Waals surface area contributed by atoms with Gasteiger partial charge < -0.3 is 20.3 Å². The lowest BCUT2D eigenvalue weighted by Crippen LogP contribution is -2.45. The van der Waals surface area contributed by atoms with Crippen LogP contribution in [-0.4, -0.2) is 47.4 Å². The fourth-order valence-electron chi connectivity index (χ4n) is 8.14. The first-order valence-corrected chi connectivity index (χ1v) is 27.4. The van der Waals surface area contributed by atoms with Gasteiger partial charge in [0.25, 0.3) is 0 Å². The lowest BCUT2D eigenvalue weighted by molar-refractivity contribution is -0.143. The van der Waals surface area contributed by atoms with Crippen LogP contribution in [0.4, 0.5) is 0 Å². The van der Waals surface area contributed by atoms with Crippen LogP contribution in [0.5, 0.6) is 0 Å². The van der Waals surface area contributed by atoms with Crippen LogP contribution in [-0.2, 0) is 14.3 Å². The smallest absolute Gasteiger partial charge is 0.305 e. The van der Waals surface area contributed by atoms with Gasteiger partial charge in [-0.1, -0.05) is 229 Å². The van der Waals surface area contributed by atoms with E-state index in [1.54, 1.807) is 0 Å². The number of ether oxygens (including phenoxy) is 1. The Morgan fingerprint density at radius 1 is 0.460 bits per heavy atom. The Hall–Kier alpha value is -2.18. The zero-order valence-electron chi connectivity index (χ0n) is 41.8. The molecule has 0 spiro atoms. The third-order valence-corrected chi connectivity index (χ3v) is 12.4. The van der Waals surface area contributed by atoms with Gasteiger partial charge in [-0.25, -0.2) is 0 Å². The first-order valence-electron chi connectivity index (χ1n) is 27.4. The van der Waals surface area contributed by atoms with Crippen LogP contribution in [0.1, 0.15) is 277 Å². The van der Waals surface area contributed by atoms with Gasteiger partial charge in [-0.3, -0.25) is 9.59 Å². The minimum atomic E-state index is -0.671. The van der Waals surface area contributed by atoms with E-state index < -0.39 is 12.1 Å². The molecule has 0 aromatic heterocycles. The number of hydrogen-bond donors (Lipinski definition) is 3. The molecule has 0 bridgehead atoms. The molecular weight excluding hydrogens is 779 g/mol. The van der Waals surface area contributed by atoms with Gasteiger partial charge in [0, 0.05) is 12.8 Å². The molecule has 0 saturated heterocycles. The van der Waals surface area contributed by atoms with E-state index in [4.69, 9.17) is 4.74 Å². The number of esters is 1.